The van der Waals surface area contributed by atoms with Crippen LogP contribution in [0.1, 0.15) is 85.6 Å². The molecule has 12 heteroatoms. The first-order chi connectivity index (χ1) is 22.6. The molecule has 2 unspecified atom stereocenters. The third-order valence-electron chi connectivity index (χ3n) is 11.2. The number of amides is 2. The van der Waals surface area contributed by atoms with Crippen molar-refractivity contribution in [1.82, 2.24) is 10.6 Å². The molecular weight excluding hydrogens is 615 g/mol. The summed E-state index contributed by atoms with van der Waals surface area (Å²) in [7, 11) is 1.84. The first-order valence-electron chi connectivity index (χ1n) is 17.2. The Kier molecular flexibility index (Phi) is 12.2. The van der Waals surface area contributed by atoms with Crippen LogP contribution in [0.5, 0.6) is 0 Å². The van der Waals surface area contributed by atoms with Crippen molar-refractivity contribution in [2.24, 2.45) is 35.0 Å². The van der Waals surface area contributed by atoms with Gasteiger partial charge in [0.05, 0.1) is 50.2 Å². The second-order valence-corrected chi connectivity index (χ2v) is 15.0. The van der Waals surface area contributed by atoms with E-state index >= 15 is 0 Å². The lowest BCUT2D eigenvalue weighted by Gasteiger charge is -2.64. The Balaban J connectivity index is 1.46. The second-order valence-electron chi connectivity index (χ2n) is 15.0. The van der Waals surface area contributed by atoms with E-state index in [2.05, 4.69) is 31.4 Å². The molecule has 1 aromatic carbocycles. The number of esters is 2. The molecule has 0 aromatic heterocycles. The fourth-order valence-electron chi connectivity index (χ4n) is 7.85. The minimum absolute atomic E-state index is 0.0602. The first-order valence-corrected chi connectivity index (χ1v) is 17.2. The summed E-state index contributed by atoms with van der Waals surface area (Å²) in [5, 5.41) is 5.90. The Morgan fingerprint density at radius 2 is 1.58 bits per heavy atom. The maximum atomic E-state index is 13.8. The molecule has 3 saturated carbocycles. The standard InChI is InChI=1S/C36H53BN2O9/c1-21(2)25(20-32(42)46-8)34(44)38-26(17-23-12-10-9-11-13-23)27(40)16-22(3)33(43)39-30(14-15-31(41)45-7)37-47-29-19-24-18-28(35(24,4)5)36(29,6)48-37/h9-13,21-22,24-26,28-30H,14-20H2,1-8H3,(H,38,44)(H,39,43)/t22-,24?,25+,26+,28+,29-,30?,36+/m1/s1. The molecule has 1 heterocycles. The van der Waals surface area contributed by atoms with Gasteiger partial charge >= 0.3 is 19.1 Å². The fourth-order valence-corrected chi connectivity index (χ4v) is 7.85. The maximum Gasteiger partial charge on any atom is 0.481 e. The van der Waals surface area contributed by atoms with Crippen molar-refractivity contribution >= 4 is 36.7 Å². The van der Waals surface area contributed by atoms with Gasteiger partial charge in [0.2, 0.25) is 11.8 Å². The van der Waals surface area contributed by atoms with Crippen molar-refractivity contribution in [3.8, 4) is 0 Å². The molecule has 2 amide bonds. The molecule has 4 fully saturated rings. The van der Waals surface area contributed by atoms with Crippen LogP contribution in [-0.2, 0) is 49.2 Å². The molecule has 264 valence electrons. The number of hydrogen-bond donors (Lipinski definition) is 2. The molecule has 0 spiro atoms. The predicted molar refractivity (Wildman–Crippen MR) is 179 cm³/mol. The van der Waals surface area contributed by atoms with Crippen LogP contribution in [0.4, 0.5) is 0 Å². The molecule has 1 aromatic rings. The highest BCUT2D eigenvalue weighted by Crippen LogP contribution is 2.65. The zero-order chi connectivity index (χ0) is 35.4. The van der Waals surface area contributed by atoms with Gasteiger partial charge in [-0.1, -0.05) is 65.0 Å². The highest BCUT2D eigenvalue weighted by Gasteiger charge is 2.68. The van der Waals surface area contributed by atoms with Crippen LogP contribution < -0.4 is 10.6 Å². The van der Waals surface area contributed by atoms with Gasteiger partial charge in [-0.25, -0.2) is 0 Å². The molecule has 48 heavy (non-hydrogen) atoms. The summed E-state index contributed by atoms with van der Waals surface area (Å²) in [6.45, 7) is 12.0. The zero-order valence-corrected chi connectivity index (χ0v) is 29.7. The van der Waals surface area contributed by atoms with E-state index in [4.69, 9.17) is 18.8 Å². The molecule has 1 saturated heterocycles. The second kappa shape index (κ2) is 15.5. The van der Waals surface area contributed by atoms with E-state index in [-0.39, 0.29) is 61.2 Å². The monoisotopic (exact) mass is 668 g/mol. The summed E-state index contributed by atoms with van der Waals surface area (Å²) in [5.41, 5.74) is 0.490. The van der Waals surface area contributed by atoms with Gasteiger partial charge in [-0.2, -0.15) is 0 Å². The van der Waals surface area contributed by atoms with E-state index < -0.39 is 54.4 Å². The summed E-state index contributed by atoms with van der Waals surface area (Å²) < 4.78 is 22.7. The minimum Gasteiger partial charge on any atom is -0.469 e. The number of nitrogens with one attached hydrogen (secondary N) is 2. The van der Waals surface area contributed by atoms with E-state index in [1.54, 1.807) is 6.92 Å². The summed E-state index contributed by atoms with van der Waals surface area (Å²) >= 11 is 0. The third-order valence-corrected chi connectivity index (χ3v) is 11.2. The van der Waals surface area contributed by atoms with Crippen LogP contribution in [-0.4, -0.2) is 74.6 Å². The highest BCUT2D eigenvalue weighted by atomic mass is 16.7. The van der Waals surface area contributed by atoms with Gasteiger partial charge in [-0.15, -0.1) is 0 Å². The summed E-state index contributed by atoms with van der Waals surface area (Å²) in [5.74, 6) is -3.40. The quantitative estimate of drug-likeness (QED) is 0.198. The lowest BCUT2D eigenvalue weighted by atomic mass is 9.43. The van der Waals surface area contributed by atoms with E-state index in [1.165, 1.54) is 14.2 Å². The number of benzene rings is 1. The number of carbonyl (C=O) groups excluding carboxylic acids is 5. The van der Waals surface area contributed by atoms with E-state index in [0.717, 1.165) is 18.4 Å². The molecule has 0 radical (unpaired) electrons. The lowest BCUT2D eigenvalue weighted by molar-refractivity contribution is -0.199. The van der Waals surface area contributed by atoms with Crippen LogP contribution in [0.2, 0.25) is 0 Å². The molecule has 8 atom stereocenters. The number of Topliss-reactive ketones (excluding diaryl/α,β-unsaturated/α-hetero) is 1. The van der Waals surface area contributed by atoms with E-state index in [9.17, 15) is 24.0 Å². The Morgan fingerprint density at radius 3 is 2.19 bits per heavy atom. The number of ether oxygens (including phenoxy) is 2. The van der Waals surface area contributed by atoms with Crippen LogP contribution >= 0.6 is 0 Å². The molecule has 2 bridgehead atoms. The Bertz CT molecular complexity index is 1340. The minimum atomic E-state index is -0.913. The van der Waals surface area contributed by atoms with Gasteiger partial charge < -0.3 is 29.4 Å². The topological polar surface area (TPSA) is 146 Å². The van der Waals surface area contributed by atoms with E-state index in [0.29, 0.717) is 11.8 Å². The number of methoxy groups -OCH3 is 2. The molecule has 11 nitrogen and oxygen atoms in total. The van der Waals surface area contributed by atoms with Crippen LogP contribution in [0.3, 0.4) is 0 Å². The van der Waals surface area contributed by atoms with Crippen LogP contribution in [0, 0.1) is 35.0 Å². The van der Waals surface area contributed by atoms with Gasteiger partial charge in [0, 0.05) is 18.8 Å². The Morgan fingerprint density at radius 1 is 0.917 bits per heavy atom. The third kappa shape index (κ3) is 8.30. The summed E-state index contributed by atoms with van der Waals surface area (Å²) in [6.07, 6.45) is 2.14. The zero-order valence-electron chi connectivity index (χ0n) is 29.7. The fraction of sp³-hybridized carbons (Fsp3) is 0.694. The van der Waals surface area contributed by atoms with Crippen molar-refractivity contribution in [3.05, 3.63) is 35.9 Å². The van der Waals surface area contributed by atoms with Crippen molar-refractivity contribution in [2.75, 3.05) is 14.2 Å². The molecular formula is C36H53BN2O9. The van der Waals surface area contributed by atoms with Crippen molar-refractivity contribution in [2.45, 2.75) is 110 Å². The predicted octanol–water partition coefficient (Wildman–Crippen LogP) is 3.85. The molecule has 4 aliphatic rings. The SMILES string of the molecule is COC(=O)CCC(NC(=O)[C@H](C)CC(=O)[C@H](Cc1ccccc1)NC(=O)[C@@H](CC(=O)OC)C(C)C)B1O[C@@H]2CC3C[C@@H](C3(C)C)[C@]2(C)O1. The Hall–Kier alpha value is -3.25. The molecule has 1 aliphatic heterocycles. The van der Waals surface area contributed by atoms with Gasteiger partial charge in [0.25, 0.3) is 0 Å². The summed E-state index contributed by atoms with van der Waals surface area (Å²) in [4.78, 5) is 65.0. The van der Waals surface area contributed by atoms with Gasteiger partial charge in [0.15, 0.2) is 5.78 Å². The average molecular weight is 669 g/mol. The number of carbonyl (C=O) groups is 5. The highest BCUT2D eigenvalue weighted by molar-refractivity contribution is 6.48. The normalized spacial score (nSPS) is 26.3. The first kappa shape index (κ1) is 37.6. The largest absolute Gasteiger partial charge is 0.481 e. The molecule has 2 N–H and O–H groups in total. The maximum absolute atomic E-state index is 13.8. The van der Waals surface area contributed by atoms with Gasteiger partial charge in [-0.3, -0.25) is 24.0 Å². The van der Waals surface area contributed by atoms with Crippen LogP contribution in [0.25, 0.3) is 0 Å². The average Bonchev–Trinajstić information content (AvgIpc) is 3.41. The number of ketones is 1. The summed E-state index contributed by atoms with van der Waals surface area (Å²) in [6, 6.07) is 8.39. The van der Waals surface area contributed by atoms with Gasteiger partial charge in [0.1, 0.15) is 0 Å². The van der Waals surface area contributed by atoms with Crippen LogP contribution in [0.15, 0.2) is 30.3 Å². The number of hydrogen-bond acceptors (Lipinski definition) is 9. The van der Waals surface area contributed by atoms with Crippen molar-refractivity contribution in [1.29, 1.82) is 0 Å². The van der Waals surface area contributed by atoms with Crippen molar-refractivity contribution in [3.63, 3.8) is 0 Å². The molecule has 3 aliphatic carbocycles. The van der Waals surface area contributed by atoms with Crippen molar-refractivity contribution < 1.29 is 42.8 Å². The smallest absolute Gasteiger partial charge is 0.469 e. The van der Waals surface area contributed by atoms with Gasteiger partial charge in [-0.05, 0) is 61.3 Å². The Labute approximate surface area is 285 Å². The van der Waals surface area contributed by atoms with E-state index in [1.807, 2.05) is 44.2 Å². The molecule has 5 rings (SSSR count). The number of rotatable bonds is 16. The lowest BCUT2D eigenvalue weighted by Crippen LogP contribution is -2.65.